The van der Waals surface area contributed by atoms with Crippen LogP contribution in [0.5, 0.6) is 0 Å². The number of rotatable bonds is 8. The van der Waals surface area contributed by atoms with E-state index in [4.69, 9.17) is 0 Å². The number of nitrogens with zero attached hydrogens (tertiary/aromatic N) is 4. The van der Waals surface area contributed by atoms with Crippen LogP contribution in [0.4, 0.5) is 17.1 Å². The minimum absolute atomic E-state index is 0.179. The van der Waals surface area contributed by atoms with Crippen molar-refractivity contribution in [3.63, 3.8) is 0 Å². The van der Waals surface area contributed by atoms with E-state index < -0.39 is 0 Å². The van der Waals surface area contributed by atoms with E-state index in [0.29, 0.717) is 17.9 Å². The summed E-state index contributed by atoms with van der Waals surface area (Å²) in [6, 6.07) is 37.2. The average molecular weight is 863 g/mol. The molecule has 65 heavy (non-hydrogen) atoms. The number of para-hydroxylation sites is 2. The molecule has 5 heteroatoms. The zero-order chi connectivity index (χ0) is 42.8. The fraction of sp³-hybridized carbons (Fsp3) is 0.233. The van der Waals surface area contributed by atoms with Gasteiger partial charge in [-0.15, -0.1) is 11.3 Å². The van der Waals surface area contributed by atoms with E-state index >= 15 is 0 Å². The summed E-state index contributed by atoms with van der Waals surface area (Å²) in [7, 11) is 0. The molecule has 13 rings (SSSR count). The summed E-state index contributed by atoms with van der Waals surface area (Å²) < 4.78 is 2.68. The van der Waals surface area contributed by atoms with Crippen molar-refractivity contribution in [3.05, 3.63) is 234 Å². The summed E-state index contributed by atoms with van der Waals surface area (Å²) >= 11 is 1.91. The van der Waals surface area contributed by atoms with Crippen LogP contribution in [0.1, 0.15) is 56.4 Å². The minimum atomic E-state index is 0.179. The van der Waals surface area contributed by atoms with E-state index in [9.17, 15) is 0 Å². The molecular formula is C60H54N4S. The Bertz CT molecular complexity index is 3050. The molecular weight excluding hydrogens is 809 g/mol. The van der Waals surface area contributed by atoms with Crippen molar-refractivity contribution in [1.82, 2.24) is 9.80 Å². The van der Waals surface area contributed by atoms with Crippen molar-refractivity contribution in [3.8, 4) is 0 Å². The normalized spacial score (nSPS) is 27.1. The van der Waals surface area contributed by atoms with E-state index in [2.05, 4.69) is 220 Å². The molecule has 6 aliphatic carbocycles. The van der Waals surface area contributed by atoms with Gasteiger partial charge in [0, 0.05) is 61.5 Å². The molecule has 7 unspecified atom stereocenters. The van der Waals surface area contributed by atoms with Crippen LogP contribution in [0.15, 0.2) is 229 Å². The first-order chi connectivity index (χ1) is 32.3. The van der Waals surface area contributed by atoms with E-state index in [1.165, 1.54) is 84.8 Å². The van der Waals surface area contributed by atoms with Crippen LogP contribution in [0.25, 0.3) is 20.2 Å². The quantitative estimate of drug-likeness (QED) is 0.154. The van der Waals surface area contributed by atoms with E-state index in [-0.39, 0.29) is 24.2 Å². The van der Waals surface area contributed by atoms with Gasteiger partial charge >= 0.3 is 0 Å². The number of fused-ring (bicyclic) bond motifs is 9. The van der Waals surface area contributed by atoms with Crippen molar-refractivity contribution in [1.29, 1.82) is 0 Å². The van der Waals surface area contributed by atoms with Crippen molar-refractivity contribution >= 4 is 48.6 Å². The third-order valence-electron chi connectivity index (χ3n) is 15.2. The highest BCUT2D eigenvalue weighted by molar-refractivity contribution is 7.26. The molecule has 0 N–H and O–H groups in total. The smallest absolute Gasteiger partial charge is 0.0682 e. The molecule has 4 aromatic carbocycles. The fourth-order valence-corrected chi connectivity index (χ4v) is 13.6. The third kappa shape index (κ3) is 6.45. The molecule has 0 spiro atoms. The van der Waals surface area contributed by atoms with Crippen molar-refractivity contribution in [2.75, 3.05) is 9.80 Å². The zero-order valence-electron chi connectivity index (χ0n) is 36.7. The van der Waals surface area contributed by atoms with Gasteiger partial charge in [0.2, 0.25) is 0 Å². The maximum atomic E-state index is 2.76. The molecule has 320 valence electrons. The SMILES string of the molecule is C1=CCC(N(C2=CCC(N(c3ccccc3)c3cccc4c3sc3ccccc34)C=C2)C2C=CC(N3C4=C(C5C=CC=CC53)C3C(C=C4)c4ccccc4N3C3=CCCCC3)=CC2)C=C1. The monoisotopic (exact) mass is 862 g/mol. The van der Waals surface area contributed by atoms with Crippen molar-refractivity contribution in [2.24, 2.45) is 5.92 Å². The van der Waals surface area contributed by atoms with Gasteiger partial charge in [-0.25, -0.2) is 0 Å². The van der Waals surface area contributed by atoms with Crippen molar-refractivity contribution < 1.29 is 0 Å². The zero-order valence-corrected chi connectivity index (χ0v) is 37.6. The Morgan fingerprint density at radius 3 is 2.25 bits per heavy atom. The first-order valence-electron chi connectivity index (χ1n) is 24.0. The Morgan fingerprint density at radius 1 is 0.585 bits per heavy atom. The highest BCUT2D eigenvalue weighted by atomic mass is 32.1. The van der Waals surface area contributed by atoms with E-state index in [1.54, 1.807) is 5.57 Å². The third-order valence-corrected chi connectivity index (χ3v) is 16.4. The second-order valence-corrected chi connectivity index (χ2v) is 19.8. The van der Waals surface area contributed by atoms with Gasteiger partial charge in [0.15, 0.2) is 0 Å². The Balaban J connectivity index is 0.814. The predicted molar refractivity (Wildman–Crippen MR) is 273 cm³/mol. The van der Waals surface area contributed by atoms with Gasteiger partial charge < -0.3 is 19.6 Å². The number of hydrogen-bond acceptors (Lipinski definition) is 5. The maximum Gasteiger partial charge on any atom is 0.0682 e. The summed E-state index contributed by atoms with van der Waals surface area (Å²) in [4.78, 5) is 10.7. The molecule has 7 atom stereocenters. The van der Waals surface area contributed by atoms with Crippen LogP contribution in [-0.4, -0.2) is 40.0 Å². The summed E-state index contributed by atoms with van der Waals surface area (Å²) in [5, 5.41) is 2.67. The van der Waals surface area contributed by atoms with Crippen molar-refractivity contribution in [2.45, 2.75) is 81.1 Å². The molecule has 2 aliphatic heterocycles. The topological polar surface area (TPSA) is 13.0 Å². The molecule has 1 aromatic heterocycles. The van der Waals surface area contributed by atoms with Crippen LogP contribution in [0.3, 0.4) is 0 Å². The molecule has 5 aromatic rings. The van der Waals surface area contributed by atoms with Crippen LogP contribution in [0, 0.1) is 5.92 Å². The average Bonchev–Trinajstić information content (AvgIpc) is 4.04. The maximum absolute atomic E-state index is 2.76. The number of hydrogen-bond donors (Lipinski definition) is 0. The van der Waals surface area contributed by atoms with Gasteiger partial charge in [0.25, 0.3) is 0 Å². The van der Waals surface area contributed by atoms with Crippen LogP contribution in [0.2, 0.25) is 0 Å². The van der Waals surface area contributed by atoms with Gasteiger partial charge in [0.05, 0.1) is 40.6 Å². The number of allylic oxidation sites excluding steroid dienone is 9. The van der Waals surface area contributed by atoms with Gasteiger partial charge in [-0.2, -0.15) is 0 Å². The predicted octanol–water partition coefficient (Wildman–Crippen LogP) is 14.5. The van der Waals surface area contributed by atoms with Crippen LogP contribution >= 0.6 is 11.3 Å². The van der Waals surface area contributed by atoms with Crippen LogP contribution < -0.4 is 9.80 Å². The first kappa shape index (κ1) is 38.9. The molecule has 0 amide bonds. The van der Waals surface area contributed by atoms with Gasteiger partial charge in [0.1, 0.15) is 0 Å². The fourth-order valence-electron chi connectivity index (χ4n) is 12.4. The summed E-state index contributed by atoms with van der Waals surface area (Å²) in [6.07, 6.45) is 49.0. The first-order valence-corrected chi connectivity index (χ1v) is 24.9. The molecule has 8 aliphatic rings. The lowest BCUT2D eigenvalue weighted by Crippen LogP contribution is -2.42. The molecule has 3 heterocycles. The Labute approximate surface area is 387 Å². The summed E-state index contributed by atoms with van der Waals surface area (Å²) in [6.45, 7) is 0. The molecule has 4 nitrogen and oxygen atoms in total. The molecule has 0 saturated carbocycles. The van der Waals surface area contributed by atoms with Crippen LogP contribution in [-0.2, 0) is 0 Å². The lowest BCUT2D eigenvalue weighted by atomic mass is 9.78. The highest BCUT2D eigenvalue weighted by Crippen LogP contribution is 2.56. The minimum Gasteiger partial charge on any atom is -0.358 e. The van der Waals surface area contributed by atoms with Gasteiger partial charge in [-0.05, 0) is 105 Å². The van der Waals surface area contributed by atoms with Gasteiger partial charge in [-0.1, -0.05) is 152 Å². The van der Waals surface area contributed by atoms with E-state index in [1.807, 2.05) is 11.3 Å². The molecule has 0 saturated heterocycles. The number of benzene rings is 4. The molecule has 0 fully saturated rings. The largest absolute Gasteiger partial charge is 0.358 e. The van der Waals surface area contributed by atoms with Gasteiger partial charge in [-0.3, -0.25) is 0 Å². The highest BCUT2D eigenvalue weighted by Gasteiger charge is 2.51. The van der Waals surface area contributed by atoms with E-state index in [0.717, 1.165) is 25.7 Å². The lowest BCUT2D eigenvalue weighted by Gasteiger charge is -2.42. The molecule has 0 radical (unpaired) electrons. The lowest BCUT2D eigenvalue weighted by molar-refractivity contribution is 0.248. The second-order valence-electron chi connectivity index (χ2n) is 18.8. The molecule has 0 bridgehead atoms. The number of anilines is 3. The Morgan fingerprint density at radius 2 is 1.40 bits per heavy atom. The summed E-state index contributed by atoms with van der Waals surface area (Å²) in [5.74, 6) is 0.697. The summed E-state index contributed by atoms with van der Waals surface area (Å²) in [5.41, 5.74) is 12.5. The standard InChI is InChI=1S/C60H54N4S/c1-4-17-41(18-5-1)61(44-31-35-46(36-32-44)62(42-19-6-2-7-20-42)56-29-16-26-51-49-24-12-15-30-57(49)65-60(51)56)45-33-37-47(38-34-45)63-54-28-14-11-25-52(54)58-55(63)40-39-50-48-23-10-13-27-53(48)64(59(50)58)43-21-8-3-9-22-43/h1-2,4-7,10-17,19-21,23-33,35,37-41,45-46,50,52,54,59H,3,8-9,18,22,34,36H2. The number of thiophene rings is 1. The Kier molecular flexibility index (Phi) is 9.66. The Hall–Kier alpha value is -6.56. The second kappa shape index (κ2) is 16.2.